The van der Waals surface area contributed by atoms with Crippen LogP contribution in [0, 0.1) is 11.3 Å². The minimum absolute atomic E-state index is 0.389. The summed E-state index contributed by atoms with van der Waals surface area (Å²) in [5.41, 5.74) is 3.70. The third-order valence-corrected chi connectivity index (χ3v) is 3.93. The summed E-state index contributed by atoms with van der Waals surface area (Å²) in [6.07, 6.45) is 2.55. The normalized spacial score (nSPS) is 32.1. The van der Waals surface area contributed by atoms with Gasteiger partial charge in [0.25, 0.3) is 0 Å². The average molecular weight is 223 g/mol. The predicted octanol–water partition coefficient (Wildman–Crippen LogP) is 2.70. The Hall–Kier alpha value is -0.340. The monoisotopic (exact) mass is 223 g/mol. The van der Waals surface area contributed by atoms with E-state index < -0.39 is 0 Å². The van der Waals surface area contributed by atoms with Crippen LogP contribution in [0.2, 0.25) is 0 Å². The van der Waals surface area contributed by atoms with Gasteiger partial charge in [-0.1, -0.05) is 26.3 Å². The number of piperidine rings is 1. The van der Waals surface area contributed by atoms with Crippen LogP contribution in [0.15, 0.2) is 11.1 Å². The molecule has 2 aliphatic heterocycles. The summed E-state index contributed by atoms with van der Waals surface area (Å²) < 4.78 is 5.34. The van der Waals surface area contributed by atoms with Crippen molar-refractivity contribution in [2.45, 2.75) is 33.6 Å². The number of likely N-dealkylation sites (tertiary alicyclic amines) is 1. The van der Waals surface area contributed by atoms with Crippen molar-refractivity contribution in [1.29, 1.82) is 0 Å². The van der Waals surface area contributed by atoms with E-state index in [0.717, 1.165) is 19.1 Å². The first kappa shape index (κ1) is 12.1. The van der Waals surface area contributed by atoms with E-state index in [1.807, 2.05) is 0 Å². The summed E-state index contributed by atoms with van der Waals surface area (Å²) in [6, 6.07) is 0. The summed E-state index contributed by atoms with van der Waals surface area (Å²) in [5, 5.41) is 0. The number of hydrogen-bond donors (Lipinski definition) is 0. The molecule has 0 saturated carbocycles. The van der Waals surface area contributed by atoms with Crippen molar-refractivity contribution in [3.05, 3.63) is 11.1 Å². The third kappa shape index (κ3) is 2.33. The molecule has 0 unspecified atom stereocenters. The molecule has 2 heteroatoms. The van der Waals surface area contributed by atoms with E-state index in [0.29, 0.717) is 5.41 Å². The van der Waals surface area contributed by atoms with E-state index in [1.165, 1.54) is 25.9 Å². The maximum absolute atomic E-state index is 5.34. The Morgan fingerprint density at radius 3 is 2.56 bits per heavy atom. The van der Waals surface area contributed by atoms with Gasteiger partial charge in [-0.2, -0.15) is 0 Å². The molecule has 0 bridgehead atoms. The van der Waals surface area contributed by atoms with Gasteiger partial charge in [0.2, 0.25) is 0 Å². The fourth-order valence-electron chi connectivity index (χ4n) is 3.45. The van der Waals surface area contributed by atoms with Crippen molar-refractivity contribution in [3.63, 3.8) is 0 Å². The first-order valence-electron chi connectivity index (χ1n) is 6.49. The minimum Gasteiger partial charge on any atom is -0.373 e. The Balaban J connectivity index is 2.21. The lowest BCUT2D eigenvalue weighted by Crippen LogP contribution is -2.43. The Morgan fingerprint density at radius 2 is 2.06 bits per heavy atom. The summed E-state index contributed by atoms with van der Waals surface area (Å²) >= 11 is 0. The highest BCUT2D eigenvalue weighted by molar-refractivity contribution is 5.28. The lowest BCUT2D eigenvalue weighted by Gasteiger charge is -2.45. The van der Waals surface area contributed by atoms with Crippen molar-refractivity contribution < 1.29 is 4.74 Å². The van der Waals surface area contributed by atoms with Gasteiger partial charge in [0.15, 0.2) is 0 Å². The molecule has 16 heavy (non-hydrogen) atoms. The van der Waals surface area contributed by atoms with E-state index >= 15 is 0 Å². The summed E-state index contributed by atoms with van der Waals surface area (Å²) in [4.78, 5) is 2.48. The van der Waals surface area contributed by atoms with Crippen LogP contribution in [0.4, 0.5) is 0 Å². The Kier molecular flexibility index (Phi) is 3.41. The molecular formula is C14H25NO. The summed E-state index contributed by atoms with van der Waals surface area (Å²) in [6.45, 7) is 11.3. The molecular weight excluding hydrogens is 198 g/mol. The zero-order valence-corrected chi connectivity index (χ0v) is 11.2. The molecule has 0 N–H and O–H groups in total. The molecule has 0 aliphatic carbocycles. The van der Waals surface area contributed by atoms with Gasteiger partial charge in [-0.05, 0) is 31.4 Å². The highest BCUT2D eigenvalue weighted by Crippen LogP contribution is 2.42. The number of rotatable bonds is 2. The summed E-state index contributed by atoms with van der Waals surface area (Å²) in [5.74, 6) is 0.771. The highest BCUT2D eigenvalue weighted by atomic mass is 16.5. The Bertz CT molecular complexity index is 285. The quantitative estimate of drug-likeness (QED) is 0.667. The molecule has 2 fully saturated rings. The molecule has 2 nitrogen and oxygen atoms in total. The molecule has 2 saturated heterocycles. The fourth-order valence-corrected chi connectivity index (χ4v) is 3.45. The zero-order valence-electron chi connectivity index (χ0n) is 11.2. The van der Waals surface area contributed by atoms with Gasteiger partial charge in [-0.15, -0.1) is 0 Å². The molecule has 0 aromatic carbocycles. The van der Waals surface area contributed by atoms with E-state index in [-0.39, 0.29) is 0 Å². The van der Waals surface area contributed by atoms with Crippen LogP contribution in [0.5, 0.6) is 0 Å². The van der Waals surface area contributed by atoms with E-state index in [9.17, 15) is 0 Å². The van der Waals surface area contributed by atoms with Crippen LogP contribution in [0.1, 0.15) is 33.6 Å². The van der Waals surface area contributed by atoms with Crippen molar-refractivity contribution >= 4 is 0 Å². The SMILES string of the molecule is CC(C)C[C@]1(C)CN(C)CCC1=C1COC1. The standard InChI is InChI=1S/C14H25NO/c1-11(2)7-14(3)10-15(4)6-5-13(14)12-8-16-9-12/h11H,5-10H2,1-4H3/t14-/m1/s1. The highest BCUT2D eigenvalue weighted by Gasteiger charge is 2.37. The van der Waals surface area contributed by atoms with Crippen LogP contribution in [0.3, 0.4) is 0 Å². The second-order valence-corrected chi connectivity index (χ2v) is 6.22. The number of nitrogens with zero attached hydrogens (tertiary/aromatic N) is 1. The van der Waals surface area contributed by atoms with Crippen LogP contribution in [-0.2, 0) is 4.74 Å². The Labute approximate surface area is 99.7 Å². The molecule has 2 heterocycles. The minimum atomic E-state index is 0.389. The van der Waals surface area contributed by atoms with Crippen LogP contribution in [0.25, 0.3) is 0 Å². The van der Waals surface area contributed by atoms with Crippen molar-refractivity contribution in [2.24, 2.45) is 11.3 Å². The molecule has 2 aliphatic rings. The topological polar surface area (TPSA) is 12.5 Å². The van der Waals surface area contributed by atoms with Gasteiger partial charge in [-0.3, -0.25) is 0 Å². The fraction of sp³-hybridized carbons (Fsp3) is 0.857. The number of hydrogen-bond acceptors (Lipinski definition) is 2. The van der Waals surface area contributed by atoms with E-state index in [1.54, 1.807) is 11.1 Å². The van der Waals surface area contributed by atoms with Gasteiger partial charge < -0.3 is 9.64 Å². The zero-order chi connectivity index (χ0) is 11.8. The van der Waals surface area contributed by atoms with Gasteiger partial charge in [0.1, 0.15) is 0 Å². The van der Waals surface area contributed by atoms with E-state index in [2.05, 4.69) is 32.7 Å². The molecule has 92 valence electrons. The number of ether oxygens (including phenoxy) is 1. The molecule has 0 aromatic rings. The lowest BCUT2D eigenvalue weighted by atomic mass is 9.70. The third-order valence-electron chi connectivity index (χ3n) is 3.93. The van der Waals surface area contributed by atoms with Crippen LogP contribution < -0.4 is 0 Å². The smallest absolute Gasteiger partial charge is 0.0706 e. The molecule has 1 atom stereocenters. The van der Waals surface area contributed by atoms with Gasteiger partial charge in [0.05, 0.1) is 13.2 Å². The molecule has 0 amide bonds. The Morgan fingerprint density at radius 1 is 1.38 bits per heavy atom. The van der Waals surface area contributed by atoms with Crippen molar-refractivity contribution in [1.82, 2.24) is 4.90 Å². The summed E-state index contributed by atoms with van der Waals surface area (Å²) in [7, 11) is 2.25. The van der Waals surface area contributed by atoms with Gasteiger partial charge in [0, 0.05) is 18.5 Å². The lowest BCUT2D eigenvalue weighted by molar-refractivity contribution is 0.0864. The second-order valence-electron chi connectivity index (χ2n) is 6.22. The average Bonchev–Trinajstić information content (AvgIpc) is 2.04. The maximum atomic E-state index is 5.34. The van der Waals surface area contributed by atoms with Gasteiger partial charge in [-0.25, -0.2) is 0 Å². The van der Waals surface area contributed by atoms with Crippen molar-refractivity contribution in [3.8, 4) is 0 Å². The second kappa shape index (κ2) is 4.50. The first-order valence-corrected chi connectivity index (χ1v) is 6.49. The largest absolute Gasteiger partial charge is 0.373 e. The van der Waals surface area contributed by atoms with E-state index in [4.69, 9.17) is 4.74 Å². The maximum Gasteiger partial charge on any atom is 0.0706 e. The molecule has 0 radical (unpaired) electrons. The van der Waals surface area contributed by atoms with Crippen LogP contribution >= 0.6 is 0 Å². The molecule has 2 rings (SSSR count). The van der Waals surface area contributed by atoms with Crippen molar-refractivity contribution in [2.75, 3.05) is 33.4 Å². The molecule has 0 aromatic heterocycles. The molecule has 0 spiro atoms. The predicted molar refractivity (Wildman–Crippen MR) is 67.5 cm³/mol. The van der Waals surface area contributed by atoms with Crippen LogP contribution in [-0.4, -0.2) is 38.3 Å². The first-order chi connectivity index (χ1) is 7.51. The van der Waals surface area contributed by atoms with Gasteiger partial charge >= 0.3 is 0 Å².